The zero-order valence-corrected chi connectivity index (χ0v) is 14.1. The van der Waals surface area contributed by atoms with Gasteiger partial charge < -0.3 is 0 Å². The van der Waals surface area contributed by atoms with E-state index in [2.05, 4.69) is 52.9 Å². The minimum atomic E-state index is 0.918. The van der Waals surface area contributed by atoms with Crippen molar-refractivity contribution < 1.29 is 0 Å². The van der Waals surface area contributed by atoms with E-state index in [0.29, 0.717) is 0 Å². The number of nitrogens with zero attached hydrogens (tertiary/aromatic N) is 3. The first-order valence-corrected chi connectivity index (χ1v) is 8.87. The van der Waals surface area contributed by atoms with Crippen molar-refractivity contribution in [3.05, 3.63) is 64.9 Å². The Hall–Kier alpha value is -2.37. The second-order valence-electron chi connectivity index (χ2n) is 5.16. The van der Waals surface area contributed by atoms with Crippen LogP contribution in [0.3, 0.4) is 0 Å². The molecule has 0 bridgehead atoms. The zero-order chi connectivity index (χ0) is 15.6. The highest BCUT2D eigenvalue weighted by atomic mass is 32.1. The first-order chi connectivity index (χ1) is 11.3. The van der Waals surface area contributed by atoms with Gasteiger partial charge in [0.05, 0.1) is 5.69 Å². The molecule has 2 heterocycles. The molecule has 2 aromatic heterocycles. The molecule has 112 valence electrons. The predicted octanol–water partition coefficient (Wildman–Crippen LogP) is 5.30. The Bertz CT molecular complexity index is 911. The standard InChI is InChI=1S/C18H13N3S2/c1-12-17(14-5-3-2-4-6-14)19-18(23-12)15-9-7-13(8-10-15)16-11-22-21-20-16/h2-11H,1H3. The van der Waals surface area contributed by atoms with Gasteiger partial charge in [0.25, 0.3) is 0 Å². The van der Waals surface area contributed by atoms with Gasteiger partial charge in [0.2, 0.25) is 0 Å². The quantitative estimate of drug-likeness (QED) is 0.509. The molecule has 0 spiro atoms. The number of benzene rings is 2. The van der Waals surface area contributed by atoms with Crippen molar-refractivity contribution in [3.63, 3.8) is 0 Å². The van der Waals surface area contributed by atoms with Gasteiger partial charge in [0, 0.05) is 26.9 Å². The molecular weight excluding hydrogens is 322 g/mol. The lowest BCUT2D eigenvalue weighted by molar-refractivity contribution is 1.16. The van der Waals surface area contributed by atoms with Crippen LogP contribution in [0.2, 0.25) is 0 Å². The molecule has 4 aromatic rings. The van der Waals surface area contributed by atoms with Crippen LogP contribution in [0.15, 0.2) is 60.0 Å². The number of aromatic nitrogens is 3. The fraction of sp³-hybridized carbons (Fsp3) is 0.0556. The summed E-state index contributed by atoms with van der Waals surface area (Å²) in [4.78, 5) is 6.07. The highest BCUT2D eigenvalue weighted by Crippen LogP contribution is 2.33. The number of aryl methyl sites for hydroxylation is 1. The van der Waals surface area contributed by atoms with Gasteiger partial charge in [-0.15, -0.1) is 16.4 Å². The lowest BCUT2D eigenvalue weighted by atomic mass is 10.1. The van der Waals surface area contributed by atoms with E-state index in [1.807, 2.05) is 23.6 Å². The SMILES string of the molecule is Cc1sc(-c2ccc(-c3csnn3)cc2)nc1-c1ccccc1. The van der Waals surface area contributed by atoms with E-state index in [9.17, 15) is 0 Å². The van der Waals surface area contributed by atoms with Crippen LogP contribution in [0.1, 0.15) is 4.88 Å². The molecule has 0 radical (unpaired) electrons. The van der Waals surface area contributed by atoms with Crippen molar-refractivity contribution in [2.75, 3.05) is 0 Å². The van der Waals surface area contributed by atoms with Gasteiger partial charge in [-0.05, 0) is 18.5 Å². The van der Waals surface area contributed by atoms with Crippen LogP contribution in [-0.2, 0) is 0 Å². The third-order valence-corrected chi connectivity index (χ3v) is 5.16. The molecule has 0 aliphatic carbocycles. The molecule has 2 aromatic carbocycles. The van der Waals surface area contributed by atoms with E-state index in [1.54, 1.807) is 11.3 Å². The van der Waals surface area contributed by atoms with E-state index in [4.69, 9.17) is 4.98 Å². The van der Waals surface area contributed by atoms with Crippen LogP contribution in [0, 0.1) is 6.92 Å². The summed E-state index contributed by atoms with van der Waals surface area (Å²) in [6.45, 7) is 2.12. The molecule has 3 nitrogen and oxygen atoms in total. The van der Waals surface area contributed by atoms with Crippen molar-refractivity contribution >= 4 is 22.9 Å². The highest BCUT2D eigenvalue weighted by molar-refractivity contribution is 7.15. The maximum Gasteiger partial charge on any atom is 0.124 e. The van der Waals surface area contributed by atoms with Gasteiger partial charge >= 0.3 is 0 Å². The molecule has 0 fully saturated rings. The Balaban J connectivity index is 1.69. The average Bonchev–Trinajstić information content (AvgIpc) is 3.26. The molecule has 0 saturated carbocycles. The van der Waals surface area contributed by atoms with Gasteiger partial charge in [0.15, 0.2) is 0 Å². The second kappa shape index (κ2) is 6.02. The van der Waals surface area contributed by atoms with Crippen LogP contribution < -0.4 is 0 Å². The molecule has 5 heteroatoms. The van der Waals surface area contributed by atoms with Crippen LogP contribution >= 0.6 is 22.9 Å². The normalized spacial score (nSPS) is 10.8. The summed E-state index contributed by atoms with van der Waals surface area (Å²) in [6.07, 6.45) is 0. The molecule has 0 amide bonds. The van der Waals surface area contributed by atoms with Gasteiger partial charge in [-0.25, -0.2) is 4.98 Å². The van der Waals surface area contributed by atoms with Crippen molar-refractivity contribution in [2.24, 2.45) is 0 Å². The van der Waals surface area contributed by atoms with E-state index in [-0.39, 0.29) is 0 Å². The summed E-state index contributed by atoms with van der Waals surface area (Å²) in [5, 5.41) is 7.10. The zero-order valence-electron chi connectivity index (χ0n) is 12.4. The molecular formula is C18H13N3S2. The number of thiazole rings is 1. The number of rotatable bonds is 3. The maximum atomic E-state index is 4.84. The first-order valence-electron chi connectivity index (χ1n) is 7.22. The Morgan fingerprint density at radius 3 is 2.26 bits per heavy atom. The topological polar surface area (TPSA) is 38.7 Å². The first kappa shape index (κ1) is 14.2. The lowest BCUT2D eigenvalue weighted by Crippen LogP contribution is -1.82. The smallest absolute Gasteiger partial charge is 0.124 e. The van der Waals surface area contributed by atoms with Crippen LogP contribution in [0.25, 0.3) is 33.1 Å². The second-order valence-corrected chi connectivity index (χ2v) is 6.97. The predicted molar refractivity (Wildman–Crippen MR) is 96.6 cm³/mol. The van der Waals surface area contributed by atoms with Crippen LogP contribution in [0.5, 0.6) is 0 Å². The summed E-state index contributed by atoms with van der Waals surface area (Å²) in [5.74, 6) is 0. The minimum Gasteiger partial charge on any atom is -0.236 e. The average molecular weight is 335 g/mol. The van der Waals surface area contributed by atoms with Gasteiger partial charge in [0.1, 0.15) is 10.7 Å². The molecule has 0 unspecified atom stereocenters. The Morgan fingerprint density at radius 2 is 1.57 bits per heavy atom. The van der Waals surface area contributed by atoms with E-state index < -0.39 is 0 Å². The summed E-state index contributed by atoms with van der Waals surface area (Å²) in [6, 6.07) is 18.7. The number of hydrogen-bond donors (Lipinski definition) is 0. The van der Waals surface area contributed by atoms with Crippen LogP contribution in [-0.4, -0.2) is 14.6 Å². The molecule has 0 saturated heterocycles. The maximum absolute atomic E-state index is 4.84. The fourth-order valence-electron chi connectivity index (χ4n) is 2.46. The largest absolute Gasteiger partial charge is 0.236 e. The molecule has 0 N–H and O–H groups in total. The number of hydrogen-bond acceptors (Lipinski definition) is 5. The van der Waals surface area contributed by atoms with Crippen LogP contribution in [0.4, 0.5) is 0 Å². The summed E-state index contributed by atoms with van der Waals surface area (Å²) < 4.78 is 3.91. The van der Waals surface area contributed by atoms with Gasteiger partial charge in [-0.2, -0.15) is 0 Å². The molecule has 0 aliphatic heterocycles. The van der Waals surface area contributed by atoms with Crippen molar-refractivity contribution in [1.29, 1.82) is 0 Å². The summed E-state index contributed by atoms with van der Waals surface area (Å²) >= 11 is 3.10. The minimum absolute atomic E-state index is 0.918. The van der Waals surface area contributed by atoms with Crippen molar-refractivity contribution in [3.8, 4) is 33.1 Å². The third-order valence-electron chi connectivity index (χ3n) is 3.63. The fourth-order valence-corrected chi connectivity index (χ4v) is 3.86. The molecule has 0 atom stereocenters. The Kier molecular flexibility index (Phi) is 3.73. The van der Waals surface area contributed by atoms with Gasteiger partial charge in [-0.1, -0.05) is 59.1 Å². The molecule has 4 rings (SSSR count). The molecule has 0 aliphatic rings. The van der Waals surface area contributed by atoms with E-state index in [0.717, 1.165) is 33.1 Å². The van der Waals surface area contributed by atoms with E-state index in [1.165, 1.54) is 16.4 Å². The Labute approximate surface area is 142 Å². The van der Waals surface area contributed by atoms with Gasteiger partial charge in [-0.3, -0.25) is 0 Å². The Morgan fingerprint density at radius 1 is 0.826 bits per heavy atom. The highest BCUT2D eigenvalue weighted by Gasteiger charge is 2.11. The van der Waals surface area contributed by atoms with Crippen molar-refractivity contribution in [2.45, 2.75) is 6.92 Å². The lowest BCUT2D eigenvalue weighted by Gasteiger charge is -1.99. The summed E-state index contributed by atoms with van der Waals surface area (Å²) in [5.41, 5.74) is 5.36. The third kappa shape index (κ3) is 2.81. The van der Waals surface area contributed by atoms with Crippen molar-refractivity contribution in [1.82, 2.24) is 14.6 Å². The molecule has 23 heavy (non-hydrogen) atoms. The van der Waals surface area contributed by atoms with E-state index >= 15 is 0 Å². The monoisotopic (exact) mass is 335 g/mol. The summed E-state index contributed by atoms with van der Waals surface area (Å²) in [7, 11) is 0.